The zero-order chi connectivity index (χ0) is 19.7. The SMILES string of the molecule is C/C=C/COC(=O)[C@@H]1CCC=NN1C(=O)[C@@H](CO)NC(=O)OC(C)(C)C. The first-order valence-electron chi connectivity index (χ1n) is 8.43. The lowest BCUT2D eigenvalue weighted by Gasteiger charge is -2.31. The van der Waals surface area contributed by atoms with Crippen molar-refractivity contribution >= 4 is 24.2 Å². The molecule has 1 rings (SSSR count). The minimum Gasteiger partial charge on any atom is -0.460 e. The van der Waals surface area contributed by atoms with E-state index in [1.54, 1.807) is 39.8 Å². The zero-order valence-electron chi connectivity index (χ0n) is 15.6. The molecule has 0 saturated carbocycles. The molecule has 0 aromatic rings. The van der Waals surface area contributed by atoms with E-state index in [9.17, 15) is 19.5 Å². The average Bonchev–Trinajstić information content (AvgIpc) is 2.57. The lowest BCUT2D eigenvalue weighted by atomic mass is 10.1. The van der Waals surface area contributed by atoms with Crippen LogP contribution in [-0.2, 0) is 19.1 Å². The molecule has 9 nitrogen and oxygen atoms in total. The molecular formula is C17H27N3O6. The van der Waals surface area contributed by atoms with Gasteiger partial charge < -0.3 is 19.9 Å². The van der Waals surface area contributed by atoms with Crippen molar-refractivity contribution in [1.29, 1.82) is 0 Å². The van der Waals surface area contributed by atoms with E-state index in [0.717, 1.165) is 5.01 Å². The van der Waals surface area contributed by atoms with Crippen molar-refractivity contribution in [2.24, 2.45) is 5.10 Å². The van der Waals surface area contributed by atoms with E-state index in [2.05, 4.69) is 10.4 Å². The first kappa shape index (κ1) is 21.6. The molecule has 9 heteroatoms. The Labute approximate surface area is 153 Å². The number of nitrogens with zero attached hydrogens (tertiary/aromatic N) is 2. The number of amides is 2. The Balaban J connectivity index is 2.81. The van der Waals surface area contributed by atoms with Gasteiger partial charge >= 0.3 is 12.1 Å². The smallest absolute Gasteiger partial charge is 0.408 e. The minimum atomic E-state index is -1.29. The number of hydrazone groups is 1. The fourth-order valence-corrected chi connectivity index (χ4v) is 2.13. The second-order valence-corrected chi connectivity index (χ2v) is 6.65. The molecule has 0 bridgehead atoms. The van der Waals surface area contributed by atoms with Crippen molar-refractivity contribution in [2.75, 3.05) is 13.2 Å². The van der Waals surface area contributed by atoms with Gasteiger partial charge in [-0.05, 0) is 40.5 Å². The third-order valence-electron chi connectivity index (χ3n) is 3.30. The lowest BCUT2D eigenvalue weighted by Crippen LogP contribution is -2.55. The third kappa shape index (κ3) is 6.83. The van der Waals surface area contributed by atoms with E-state index >= 15 is 0 Å². The summed E-state index contributed by atoms with van der Waals surface area (Å²) >= 11 is 0. The molecule has 1 aliphatic rings. The molecule has 26 heavy (non-hydrogen) atoms. The number of alkyl carbamates (subject to hydrolysis) is 1. The van der Waals surface area contributed by atoms with Crippen LogP contribution in [0.15, 0.2) is 17.3 Å². The molecule has 0 unspecified atom stereocenters. The van der Waals surface area contributed by atoms with Gasteiger partial charge in [0, 0.05) is 6.21 Å². The topological polar surface area (TPSA) is 118 Å². The number of hydrogen-bond donors (Lipinski definition) is 2. The van der Waals surface area contributed by atoms with Gasteiger partial charge in [0.2, 0.25) is 0 Å². The summed E-state index contributed by atoms with van der Waals surface area (Å²) in [4.78, 5) is 36.7. The van der Waals surface area contributed by atoms with Gasteiger partial charge in [0.25, 0.3) is 5.91 Å². The fraction of sp³-hybridized carbons (Fsp3) is 0.647. The van der Waals surface area contributed by atoms with E-state index in [1.165, 1.54) is 6.21 Å². The predicted octanol–water partition coefficient (Wildman–Crippen LogP) is 0.968. The van der Waals surface area contributed by atoms with Crippen LogP contribution in [0, 0.1) is 0 Å². The molecular weight excluding hydrogens is 342 g/mol. The van der Waals surface area contributed by atoms with E-state index in [-0.39, 0.29) is 6.61 Å². The largest absolute Gasteiger partial charge is 0.460 e. The van der Waals surface area contributed by atoms with Gasteiger partial charge in [0.1, 0.15) is 18.2 Å². The van der Waals surface area contributed by atoms with E-state index in [1.807, 2.05) is 0 Å². The number of carbonyl (C=O) groups is 3. The molecule has 0 aromatic carbocycles. The van der Waals surface area contributed by atoms with Crippen LogP contribution in [0.25, 0.3) is 0 Å². The quantitative estimate of drug-likeness (QED) is 0.532. The average molecular weight is 369 g/mol. The molecule has 0 aliphatic carbocycles. The van der Waals surface area contributed by atoms with Crippen LogP contribution < -0.4 is 5.32 Å². The number of ether oxygens (including phenoxy) is 2. The van der Waals surface area contributed by atoms with Gasteiger partial charge in [-0.2, -0.15) is 5.10 Å². The lowest BCUT2D eigenvalue weighted by molar-refractivity contribution is -0.156. The number of rotatable bonds is 6. The van der Waals surface area contributed by atoms with Crippen molar-refractivity contribution in [3.8, 4) is 0 Å². The maximum atomic E-state index is 12.6. The number of allylic oxidation sites excluding steroid dienone is 1. The number of aliphatic hydroxyl groups is 1. The van der Waals surface area contributed by atoms with Gasteiger partial charge in [-0.15, -0.1) is 0 Å². The molecule has 0 aromatic heterocycles. The molecule has 1 heterocycles. The van der Waals surface area contributed by atoms with Crippen LogP contribution in [0.4, 0.5) is 4.79 Å². The van der Waals surface area contributed by atoms with Crippen LogP contribution in [0.2, 0.25) is 0 Å². The molecule has 0 fully saturated rings. The Morgan fingerprint density at radius 3 is 2.69 bits per heavy atom. The summed E-state index contributed by atoms with van der Waals surface area (Å²) in [6.45, 7) is 6.25. The van der Waals surface area contributed by atoms with Gasteiger partial charge in [0.05, 0.1) is 6.61 Å². The fourth-order valence-electron chi connectivity index (χ4n) is 2.13. The summed E-state index contributed by atoms with van der Waals surface area (Å²) in [7, 11) is 0. The summed E-state index contributed by atoms with van der Waals surface area (Å²) in [5, 5.41) is 16.7. The molecule has 146 valence electrons. The zero-order valence-corrected chi connectivity index (χ0v) is 15.6. The summed E-state index contributed by atoms with van der Waals surface area (Å²) in [6.07, 6.45) is 4.90. The van der Waals surface area contributed by atoms with Crippen LogP contribution >= 0.6 is 0 Å². The Morgan fingerprint density at radius 2 is 2.12 bits per heavy atom. The van der Waals surface area contributed by atoms with Crippen LogP contribution in [-0.4, -0.2) is 65.2 Å². The maximum absolute atomic E-state index is 12.6. The number of aliphatic hydroxyl groups excluding tert-OH is 1. The molecule has 2 atom stereocenters. The molecule has 0 radical (unpaired) electrons. The summed E-state index contributed by atoms with van der Waals surface area (Å²) in [6, 6.07) is -2.20. The Kier molecular flexibility index (Phi) is 8.24. The first-order chi connectivity index (χ1) is 12.2. The van der Waals surface area contributed by atoms with Gasteiger partial charge in [-0.3, -0.25) is 4.79 Å². The Morgan fingerprint density at radius 1 is 1.42 bits per heavy atom. The van der Waals surface area contributed by atoms with E-state index in [0.29, 0.717) is 12.8 Å². The first-order valence-corrected chi connectivity index (χ1v) is 8.43. The van der Waals surface area contributed by atoms with Gasteiger partial charge in [-0.25, -0.2) is 14.6 Å². The highest BCUT2D eigenvalue weighted by atomic mass is 16.6. The third-order valence-corrected chi connectivity index (χ3v) is 3.30. The van der Waals surface area contributed by atoms with Crippen molar-refractivity contribution in [2.45, 2.75) is 58.2 Å². The van der Waals surface area contributed by atoms with Crippen LogP contribution in [0.5, 0.6) is 0 Å². The van der Waals surface area contributed by atoms with E-state index in [4.69, 9.17) is 9.47 Å². The van der Waals surface area contributed by atoms with Gasteiger partial charge in [0.15, 0.2) is 6.04 Å². The van der Waals surface area contributed by atoms with E-state index < -0.39 is 42.3 Å². The second kappa shape index (κ2) is 9.91. The molecule has 2 N–H and O–H groups in total. The van der Waals surface area contributed by atoms with Crippen molar-refractivity contribution < 1.29 is 29.0 Å². The van der Waals surface area contributed by atoms with Crippen molar-refractivity contribution in [1.82, 2.24) is 10.3 Å². The molecule has 1 aliphatic heterocycles. The minimum absolute atomic E-state index is 0.0944. The number of nitrogens with one attached hydrogen (secondary N) is 1. The summed E-state index contributed by atoms with van der Waals surface area (Å²) in [5.74, 6) is -1.32. The number of carbonyl (C=O) groups excluding carboxylic acids is 3. The number of esters is 1. The van der Waals surface area contributed by atoms with Crippen LogP contribution in [0.1, 0.15) is 40.5 Å². The highest BCUT2D eigenvalue weighted by molar-refractivity contribution is 5.90. The normalized spacial score (nSPS) is 18.5. The van der Waals surface area contributed by atoms with Crippen molar-refractivity contribution in [3.63, 3.8) is 0 Å². The summed E-state index contributed by atoms with van der Waals surface area (Å²) in [5.41, 5.74) is -0.754. The van der Waals surface area contributed by atoms with Crippen LogP contribution in [0.3, 0.4) is 0 Å². The monoisotopic (exact) mass is 369 g/mol. The second-order valence-electron chi connectivity index (χ2n) is 6.65. The highest BCUT2D eigenvalue weighted by Gasteiger charge is 2.37. The number of hydrogen-bond acceptors (Lipinski definition) is 7. The Bertz CT molecular complexity index is 567. The standard InChI is InChI=1S/C17H27N3O6/c1-5-6-10-25-15(23)13-8-7-9-18-20(13)14(22)12(11-21)19-16(24)26-17(2,3)4/h5-6,9,12-13,21H,7-8,10-11H2,1-4H3,(H,19,24)/b6-5+/t12-,13+/m1/s1. The predicted molar refractivity (Wildman–Crippen MR) is 94.4 cm³/mol. The van der Waals surface area contributed by atoms with Crippen molar-refractivity contribution in [3.05, 3.63) is 12.2 Å². The summed E-state index contributed by atoms with van der Waals surface area (Å²) < 4.78 is 10.2. The molecule has 0 saturated heterocycles. The van der Waals surface area contributed by atoms with Gasteiger partial charge in [-0.1, -0.05) is 12.2 Å². The Hall–Kier alpha value is -2.42. The maximum Gasteiger partial charge on any atom is 0.408 e. The molecule has 0 spiro atoms. The molecule has 2 amide bonds. The highest BCUT2D eigenvalue weighted by Crippen LogP contribution is 2.16.